The van der Waals surface area contributed by atoms with Crippen LogP contribution in [-0.2, 0) is 6.54 Å². The van der Waals surface area contributed by atoms with E-state index in [9.17, 15) is 0 Å². The zero-order chi connectivity index (χ0) is 12.5. The second kappa shape index (κ2) is 4.26. The van der Waals surface area contributed by atoms with Crippen molar-refractivity contribution >= 4 is 23.4 Å². The summed E-state index contributed by atoms with van der Waals surface area (Å²) in [5.74, 6) is 1.29. The van der Waals surface area contributed by atoms with Gasteiger partial charge in [-0.1, -0.05) is 0 Å². The molecule has 3 aromatic rings. The van der Waals surface area contributed by atoms with E-state index in [4.69, 9.17) is 21.4 Å². The Morgan fingerprint density at radius 2 is 2.39 bits per heavy atom. The van der Waals surface area contributed by atoms with E-state index in [1.54, 1.807) is 13.4 Å². The number of nitrogens with zero attached hydrogens (tertiary/aromatic N) is 3. The van der Waals surface area contributed by atoms with Crippen molar-refractivity contribution in [3.63, 3.8) is 0 Å². The number of furan rings is 1. The van der Waals surface area contributed by atoms with Gasteiger partial charge in [-0.15, -0.1) is 0 Å². The first-order valence-electron chi connectivity index (χ1n) is 5.29. The molecule has 0 bridgehead atoms. The number of imidazole rings is 1. The number of aromatic nitrogens is 4. The van der Waals surface area contributed by atoms with Crippen molar-refractivity contribution in [2.75, 3.05) is 7.11 Å². The van der Waals surface area contributed by atoms with Crippen molar-refractivity contribution in [3.8, 4) is 5.88 Å². The molecule has 0 aliphatic rings. The average Bonchev–Trinajstić information content (AvgIpc) is 2.99. The summed E-state index contributed by atoms with van der Waals surface area (Å²) in [4.78, 5) is 11.3. The minimum Gasteiger partial charge on any atom is -0.479 e. The molecule has 3 heterocycles. The highest BCUT2D eigenvalue weighted by atomic mass is 32.1. The number of methoxy groups -OCH3 is 1. The van der Waals surface area contributed by atoms with Crippen LogP contribution in [0.5, 0.6) is 5.88 Å². The molecule has 3 aromatic heterocycles. The Morgan fingerprint density at radius 3 is 3.11 bits per heavy atom. The van der Waals surface area contributed by atoms with E-state index in [2.05, 4.69) is 15.0 Å². The highest BCUT2D eigenvalue weighted by molar-refractivity contribution is 7.71. The molecule has 0 fully saturated rings. The molecule has 0 saturated heterocycles. The molecule has 3 rings (SSSR count). The summed E-state index contributed by atoms with van der Waals surface area (Å²) in [6, 6.07) is 3.72. The quantitative estimate of drug-likeness (QED) is 0.732. The van der Waals surface area contributed by atoms with Crippen LogP contribution >= 0.6 is 12.2 Å². The molecule has 7 heteroatoms. The van der Waals surface area contributed by atoms with Crippen LogP contribution in [0.1, 0.15) is 5.76 Å². The van der Waals surface area contributed by atoms with Gasteiger partial charge in [0.1, 0.15) is 17.6 Å². The van der Waals surface area contributed by atoms with Crippen LogP contribution in [0.15, 0.2) is 29.1 Å². The lowest BCUT2D eigenvalue weighted by Gasteiger charge is -2.01. The van der Waals surface area contributed by atoms with Crippen molar-refractivity contribution in [1.82, 2.24) is 19.5 Å². The van der Waals surface area contributed by atoms with Gasteiger partial charge < -0.3 is 14.1 Å². The van der Waals surface area contributed by atoms with Gasteiger partial charge in [0.2, 0.25) is 5.88 Å². The van der Waals surface area contributed by atoms with Crippen molar-refractivity contribution in [2.24, 2.45) is 0 Å². The van der Waals surface area contributed by atoms with Crippen LogP contribution in [0.25, 0.3) is 11.2 Å². The van der Waals surface area contributed by atoms with Gasteiger partial charge in [-0.3, -0.25) is 4.57 Å². The van der Waals surface area contributed by atoms with Gasteiger partial charge in [0.25, 0.3) is 0 Å². The third kappa shape index (κ3) is 1.68. The van der Waals surface area contributed by atoms with Crippen molar-refractivity contribution < 1.29 is 9.15 Å². The summed E-state index contributed by atoms with van der Waals surface area (Å²) in [7, 11) is 1.56. The fourth-order valence-electron chi connectivity index (χ4n) is 1.81. The summed E-state index contributed by atoms with van der Waals surface area (Å²) < 4.78 is 12.9. The molecule has 0 aliphatic heterocycles. The smallest absolute Gasteiger partial charge is 0.242 e. The number of H-pyrrole nitrogens is 1. The van der Waals surface area contributed by atoms with E-state index >= 15 is 0 Å². The molecule has 0 atom stereocenters. The van der Waals surface area contributed by atoms with E-state index in [1.165, 1.54) is 6.33 Å². The summed E-state index contributed by atoms with van der Waals surface area (Å²) in [5.41, 5.74) is 1.39. The molecule has 92 valence electrons. The molecule has 0 amide bonds. The molecular weight excluding hydrogens is 252 g/mol. The third-order valence-electron chi connectivity index (χ3n) is 2.61. The largest absolute Gasteiger partial charge is 0.479 e. The molecular formula is C11H10N4O2S. The number of nitrogens with one attached hydrogen (secondary N) is 1. The van der Waals surface area contributed by atoms with Gasteiger partial charge in [-0.2, -0.15) is 4.98 Å². The lowest BCUT2D eigenvalue weighted by molar-refractivity contribution is 0.401. The summed E-state index contributed by atoms with van der Waals surface area (Å²) in [6.45, 7) is 0.520. The molecule has 0 radical (unpaired) electrons. The highest BCUT2D eigenvalue weighted by Gasteiger charge is 2.12. The fourth-order valence-corrected chi connectivity index (χ4v) is 2.06. The lowest BCUT2D eigenvalue weighted by atomic mass is 10.4. The van der Waals surface area contributed by atoms with E-state index in [0.29, 0.717) is 28.4 Å². The SMILES string of the molecule is COc1ncnc2c1[nH]c(=S)n2Cc1ccco1. The highest BCUT2D eigenvalue weighted by Crippen LogP contribution is 2.20. The first-order chi connectivity index (χ1) is 8.79. The predicted octanol–water partition coefficient (Wildman–Crippen LogP) is 2.14. The standard InChI is InChI=1S/C11H10N4O2S/c1-16-10-8-9(12-6-13-10)15(11(18)14-8)5-7-3-2-4-17-7/h2-4,6H,5H2,1H3,(H,14,18). The van der Waals surface area contributed by atoms with Crippen LogP contribution < -0.4 is 4.74 Å². The summed E-state index contributed by atoms with van der Waals surface area (Å²) >= 11 is 5.28. The Labute approximate surface area is 107 Å². The van der Waals surface area contributed by atoms with Gasteiger partial charge in [0.15, 0.2) is 10.4 Å². The van der Waals surface area contributed by atoms with Crippen LogP contribution in [0.4, 0.5) is 0 Å². The lowest BCUT2D eigenvalue weighted by Crippen LogP contribution is -2.00. The molecule has 0 saturated carbocycles. The van der Waals surface area contributed by atoms with E-state index in [-0.39, 0.29) is 0 Å². The van der Waals surface area contributed by atoms with Crippen molar-refractivity contribution in [2.45, 2.75) is 6.54 Å². The average molecular weight is 262 g/mol. The maximum absolute atomic E-state index is 5.31. The maximum Gasteiger partial charge on any atom is 0.242 e. The van der Waals surface area contributed by atoms with Crippen LogP contribution in [-0.4, -0.2) is 26.6 Å². The molecule has 0 spiro atoms. The van der Waals surface area contributed by atoms with Gasteiger partial charge in [0.05, 0.1) is 19.9 Å². The minimum atomic E-state index is 0.476. The summed E-state index contributed by atoms with van der Waals surface area (Å²) in [6.07, 6.45) is 3.08. The van der Waals surface area contributed by atoms with Crippen LogP contribution in [0.2, 0.25) is 0 Å². The van der Waals surface area contributed by atoms with Gasteiger partial charge in [0, 0.05) is 0 Å². The van der Waals surface area contributed by atoms with Crippen LogP contribution in [0.3, 0.4) is 0 Å². The summed E-state index contributed by atoms with van der Waals surface area (Å²) in [5, 5.41) is 0. The van der Waals surface area contributed by atoms with Crippen molar-refractivity contribution in [1.29, 1.82) is 0 Å². The van der Waals surface area contributed by atoms with Crippen LogP contribution in [0, 0.1) is 4.77 Å². The minimum absolute atomic E-state index is 0.476. The van der Waals surface area contributed by atoms with Gasteiger partial charge >= 0.3 is 0 Å². The predicted molar refractivity (Wildman–Crippen MR) is 67.1 cm³/mol. The Bertz CT molecular complexity index is 729. The molecule has 0 aliphatic carbocycles. The van der Waals surface area contributed by atoms with E-state index < -0.39 is 0 Å². The normalized spacial score (nSPS) is 10.9. The van der Waals surface area contributed by atoms with Crippen molar-refractivity contribution in [3.05, 3.63) is 35.3 Å². The zero-order valence-corrected chi connectivity index (χ0v) is 10.4. The topological polar surface area (TPSA) is 68.9 Å². The van der Waals surface area contributed by atoms with E-state index in [0.717, 1.165) is 5.76 Å². The first kappa shape index (κ1) is 11.0. The third-order valence-corrected chi connectivity index (χ3v) is 2.94. The number of ether oxygens (including phenoxy) is 1. The number of hydrogen-bond donors (Lipinski definition) is 1. The fraction of sp³-hybridized carbons (Fsp3) is 0.182. The Hall–Kier alpha value is -2.15. The van der Waals surface area contributed by atoms with Gasteiger partial charge in [-0.05, 0) is 24.4 Å². The second-order valence-electron chi connectivity index (χ2n) is 3.68. The molecule has 6 nitrogen and oxygen atoms in total. The zero-order valence-electron chi connectivity index (χ0n) is 9.58. The number of hydrogen-bond acceptors (Lipinski definition) is 5. The number of fused-ring (bicyclic) bond motifs is 1. The van der Waals surface area contributed by atoms with E-state index in [1.807, 2.05) is 16.7 Å². The monoisotopic (exact) mass is 262 g/mol. The number of rotatable bonds is 3. The van der Waals surface area contributed by atoms with Gasteiger partial charge in [-0.25, -0.2) is 4.98 Å². The molecule has 18 heavy (non-hydrogen) atoms. The Morgan fingerprint density at radius 1 is 1.50 bits per heavy atom. The molecule has 1 N–H and O–H groups in total. The first-order valence-corrected chi connectivity index (χ1v) is 5.70. The Kier molecular flexibility index (Phi) is 2.60. The maximum atomic E-state index is 5.31. The second-order valence-corrected chi connectivity index (χ2v) is 4.06. The Balaban J connectivity index is 2.17. The molecule has 0 aromatic carbocycles. The molecule has 0 unspecified atom stereocenters. The number of aromatic amines is 1.